The summed E-state index contributed by atoms with van der Waals surface area (Å²) >= 11 is 0. The van der Waals surface area contributed by atoms with Crippen LogP contribution in [0.15, 0.2) is 9.98 Å². The minimum Gasteiger partial charge on any atom is -0.426 e. The number of carbonyl (C=O) groups is 2. The Morgan fingerprint density at radius 2 is 1.95 bits per heavy atom. The van der Waals surface area contributed by atoms with Gasteiger partial charge in [0, 0.05) is 0 Å². The molecular formula is C13H23BN4O4. The van der Waals surface area contributed by atoms with Gasteiger partial charge in [-0.1, -0.05) is 13.8 Å². The molecule has 0 saturated carbocycles. The molecule has 0 aliphatic carbocycles. The lowest BCUT2D eigenvalue weighted by molar-refractivity contribution is -0.126. The van der Waals surface area contributed by atoms with E-state index in [1.165, 1.54) is 13.1 Å². The summed E-state index contributed by atoms with van der Waals surface area (Å²) in [5.74, 6) is -1.55. The molecule has 2 amide bonds. The number of amides is 2. The zero-order valence-corrected chi connectivity index (χ0v) is 13.1. The van der Waals surface area contributed by atoms with Crippen molar-refractivity contribution in [1.29, 1.82) is 0 Å². The largest absolute Gasteiger partial charge is 0.475 e. The fourth-order valence-electron chi connectivity index (χ4n) is 1.96. The van der Waals surface area contributed by atoms with Crippen molar-refractivity contribution in [3.63, 3.8) is 0 Å². The Bertz CT molecular complexity index is 465. The third-order valence-corrected chi connectivity index (χ3v) is 3.11. The fourth-order valence-corrected chi connectivity index (χ4v) is 1.96. The third-order valence-electron chi connectivity index (χ3n) is 3.11. The van der Waals surface area contributed by atoms with Gasteiger partial charge in [-0.2, -0.15) is 0 Å². The highest BCUT2D eigenvalue weighted by atomic mass is 16.4. The lowest BCUT2D eigenvalue weighted by atomic mass is 9.75. The molecule has 0 aromatic heterocycles. The molecule has 1 rings (SSSR count). The first-order chi connectivity index (χ1) is 10.3. The van der Waals surface area contributed by atoms with E-state index in [2.05, 4.69) is 20.6 Å². The molecule has 0 spiro atoms. The quantitative estimate of drug-likeness (QED) is 0.430. The Morgan fingerprint density at radius 1 is 1.27 bits per heavy atom. The monoisotopic (exact) mass is 310 g/mol. The Kier molecular flexibility index (Phi) is 7.20. The van der Waals surface area contributed by atoms with Crippen LogP contribution in [-0.2, 0) is 9.59 Å². The fraction of sp³-hybridized carbons (Fsp3) is 0.692. The number of aliphatic imine (C=N–C) groups is 2. The molecule has 122 valence electrons. The van der Waals surface area contributed by atoms with Gasteiger partial charge in [-0.25, -0.2) is 0 Å². The number of hydrogen-bond donors (Lipinski definition) is 4. The van der Waals surface area contributed by atoms with Crippen LogP contribution in [0.2, 0.25) is 0 Å². The first-order valence-corrected chi connectivity index (χ1v) is 7.33. The maximum absolute atomic E-state index is 12.0. The van der Waals surface area contributed by atoms with Gasteiger partial charge in [0.25, 0.3) is 5.91 Å². The second-order valence-electron chi connectivity index (χ2n) is 5.66. The third kappa shape index (κ3) is 5.94. The number of hydrogen-bond acceptors (Lipinski definition) is 6. The van der Waals surface area contributed by atoms with Gasteiger partial charge in [0.1, 0.15) is 11.8 Å². The highest BCUT2D eigenvalue weighted by Gasteiger charge is 2.28. The summed E-state index contributed by atoms with van der Waals surface area (Å²) in [6.07, 6.45) is 1.80. The van der Waals surface area contributed by atoms with Gasteiger partial charge in [-0.3, -0.25) is 19.6 Å². The van der Waals surface area contributed by atoms with Gasteiger partial charge in [0.15, 0.2) is 0 Å². The lowest BCUT2D eigenvalue weighted by Crippen LogP contribution is -2.54. The maximum atomic E-state index is 12.0. The van der Waals surface area contributed by atoms with E-state index >= 15 is 0 Å². The van der Waals surface area contributed by atoms with Crippen molar-refractivity contribution in [1.82, 2.24) is 10.6 Å². The van der Waals surface area contributed by atoms with E-state index < -0.39 is 30.9 Å². The highest BCUT2D eigenvalue weighted by Crippen LogP contribution is 2.06. The molecule has 4 N–H and O–H groups in total. The van der Waals surface area contributed by atoms with Crippen molar-refractivity contribution < 1.29 is 19.6 Å². The van der Waals surface area contributed by atoms with Crippen LogP contribution in [0.1, 0.15) is 27.2 Å². The van der Waals surface area contributed by atoms with Crippen molar-refractivity contribution in [3.05, 3.63) is 0 Å². The zero-order valence-electron chi connectivity index (χ0n) is 13.1. The summed E-state index contributed by atoms with van der Waals surface area (Å²) in [7, 11) is -1.65. The maximum Gasteiger partial charge on any atom is 0.475 e. The zero-order chi connectivity index (χ0) is 16.7. The van der Waals surface area contributed by atoms with Crippen molar-refractivity contribution in [2.24, 2.45) is 15.9 Å². The highest BCUT2D eigenvalue weighted by molar-refractivity contribution is 6.61. The minimum absolute atomic E-state index is 0.185. The van der Waals surface area contributed by atoms with Gasteiger partial charge >= 0.3 is 7.12 Å². The van der Waals surface area contributed by atoms with Crippen LogP contribution in [0, 0.1) is 5.92 Å². The minimum atomic E-state index is -1.65. The predicted molar refractivity (Wildman–Crippen MR) is 84.8 cm³/mol. The normalized spacial score (nSPS) is 16.7. The lowest BCUT2D eigenvalue weighted by Gasteiger charge is -2.22. The summed E-state index contributed by atoms with van der Waals surface area (Å²) in [4.78, 5) is 31.9. The van der Waals surface area contributed by atoms with E-state index in [0.29, 0.717) is 19.5 Å². The number of nitrogens with zero attached hydrogens (tertiary/aromatic N) is 2. The summed E-state index contributed by atoms with van der Waals surface area (Å²) in [5, 5.41) is 23.6. The van der Waals surface area contributed by atoms with E-state index in [0.717, 1.165) is 0 Å². The average molecular weight is 310 g/mol. The molecule has 1 unspecified atom stereocenters. The Labute approximate surface area is 130 Å². The van der Waals surface area contributed by atoms with E-state index in [1.54, 1.807) is 0 Å². The molecule has 9 heteroatoms. The summed E-state index contributed by atoms with van der Waals surface area (Å²) < 4.78 is 0. The molecule has 8 nitrogen and oxygen atoms in total. The smallest absolute Gasteiger partial charge is 0.426 e. The Balaban J connectivity index is 2.54. The molecule has 0 aromatic carbocycles. The van der Waals surface area contributed by atoms with Crippen LogP contribution in [0.5, 0.6) is 0 Å². The average Bonchev–Trinajstić information content (AvgIpc) is 2.46. The molecule has 0 aromatic rings. The number of carbonyl (C=O) groups excluding carboxylic acids is 2. The van der Waals surface area contributed by atoms with Crippen LogP contribution in [-0.4, -0.2) is 66.0 Å². The van der Waals surface area contributed by atoms with Crippen molar-refractivity contribution in [3.8, 4) is 0 Å². The van der Waals surface area contributed by atoms with Crippen LogP contribution in [0.3, 0.4) is 0 Å². The molecule has 1 heterocycles. The van der Waals surface area contributed by atoms with Gasteiger partial charge in [-0.15, -0.1) is 0 Å². The van der Waals surface area contributed by atoms with Crippen LogP contribution >= 0.6 is 0 Å². The van der Waals surface area contributed by atoms with Crippen molar-refractivity contribution in [2.75, 3.05) is 13.1 Å². The van der Waals surface area contributed by atoms with Gasteiger partial charge in [0.2, 0.25) is 5.91 Å². The predicted octanol–water partition coefficient (Wildman–Crippen LogP) is -1.44. The van der Waals surface area contributed by atoms with Crippen LogP contribution in [0.25, 0.3) is 0 Å². The molecule has 22 heavy (non-hydrogen) atoms. The van der Waals surface area contributed by atoms with E-state index in [-0.39, 0.29) is 11.6 Å². The van der Waals surface area contributed by atoms with Gasteiger partial charge in [0.05, 0.1) is 25.2 Å². The van der Waals surface area contributed by atoms with E-state index in [4.69, 9.17) is 0 Å². The molecule has 1 aliphatic heterocycles. The second kappa shape index (κ2) is 8.65. The Hall–Kier alpha value is -1.74. The van der Waals surface area contributed by atoms with Crippen molar-refractivity contribution >= 4 is 30.9 Å². The first kappa shape index (κ1) is 18.3. The molecule has 2 atom stereocenters. The van der Waals surface area contributed by atoms with E-state index in [1.807, 2.05) is 13.8 Å². The first-order valence-electron chi connectivity index (χ1n) is 7.33. The molecular weight excluding hydrogens is 287 g/mol. The molecule has 1 aliphatic rings. The molecule has 0 radical (unpaired) electrons. The topological polar surface area (TPSA) is 123 Å². The van der Waals surface area contributed by atoms with Gasteiger partial charge < -0.3 is 20.7 Å². The van der Waals surface area contributed by atoms with E-state index in [9.17, 15) is 19.6 Å². The second-order valence-corrected chi connectivity index (χ2v) is 5.66. The van der Waals surface area contributed by atoms with Crippen LogP contribution in [0.4, 0.5) is 0 Å². The van der Waals surface area contributed by atoms with Gasteiger partial charge in [-0.05, 0) is 19.3 Å². The summed E-state index contributed by atoms with van der Waals surface area (Å²) in [6, 6.07) is -0.820. The standard InChI is InChI=1S/C13H23BN4O4/c1-8(2)6-11(14(21)22)18-12(19)9(3)17-13(20)10-7-15-4-5-16-10/h7-9,11,21-22H,4-6H2,1-3H3,(H,17,20)(H,18,19)/t9?,11-/m0/s1. The molecule has 0 bridgehead atoms. The summed E-state index contributed by atoms with van der Waals surface area (Å²) in [5.41, 5.74) is 0.187. The number of nitrogens with one attached hydrogen (secondary N) is 2. The molecule has 0 fully saturated rings. The summed E-state index contributed by atoms with van der Waals surface area (Å²) in [6.45, 7) is 6.34. The Morgan fingerprint density at radius 3 is 2.45 bits per heavy atom. The molecule has 0 saturated heterocycles. The SMILES string of the molecule is CC(C)C[C@H](NC(=O)C(C)NC(=O)C1=NCCN=C1)B(O)O. The van der Waals surface area contributed by atoms with Crippen molar-refractivity contribution in [2.45, 2.75) is 39.2 Å². The van der Waals surface area contributed by atoms with Crippen LogP contribution < -0.4 is 10.6 Å². The number of rotatable bonds is 7.